The highest BCUT2D eigenvalue weighted by molar-refractivity contribution is 5.98. The molecule has 2 aromatic rings. The molecule has 0 spiro atoms. The van der Waals surface area contributed by atoms with E-state index in [0.29, 0.717) is 12.1 Å². The molecule has 5 nitrogen and oxygen atoms in total. The molecule has 0 aliphatic heterocycles. The van der Waals surface area contributed by atoms with Gasteiger partial charge in [-0.05, 0) is 30.3 Å². The fourth-order valence-electron chi connectivity index (χ4n) is 2.02. The Labute approximate surface area is 150 Å². The van der Waals surface area contributed by atoms with Crippen LogP contribution in [0.1, 0.15) is 27.1 Å². The van der Waals surface area contributed by atoms with E-state index in [1.807, 2.05) is 0 Å². The monoisotopic (exact) mass is 383 g/mol. The molecule has 0 radical (unpaired) electrons. The average molecular weight is 383 g/mol. The Morgan fingerprint density at radius 3 is 2.30 bits per heavy atom. The van der Waals surface area contributed by atoms with Crippen molar-refractivity contribution in [2.45, 2.75) is 6.42 Å². The van der Waals surface area contributed by atoms with Crippen molar-refractivity contribution in [2.75, 3.05) is 13.2 Å². The number of ether oxygens (including phenoxy) is 1. The van der Waals surface area contributed by atoms with E-state index in [2.05, 4.69) is 10.1 Å². The lowest BCUT2D eigenvalue weighted by Gasteiger charge is -2.07. The lowest BCUT2D eigenvalue weighted by molar-refractivity contribution is -0.142. The number of amides is 1. The summed E-state index contributed by atoms with van der Waals surface area (Å²) in [5.41, 5.74) is -0.555. The highest BCUT2D eigenvalue weighted by atomic mass is 19.2. The van der Waals surface area contributed by atoms with E-state index < -0.39 is 53.1 Å². The minimum Gasteiger partial charge on any atom is -0.457 e. The molecule has 0 saturated heterocycles. The maximum atomic E-state index is 13.4. The lowest BCUT2D eigenvalue weighted by atomic mass is 10.1. The maximum absolute atomic E-state index is 13.4. The standard InChI is InChI=1S/C18H13F4NO4/c19-11-2-3-12(14(21)8-11)18(26)23-6-5-17(25)27-9-16(24)10-1-4-13(20)15(22)7-10/h1-4,7-8H,5-6,9H2,(H,23,26). The third-order valence-corrected chi connectivity index (χ3v) is 3.40. The number of carbonyl (C=O) groups is 3. The highest BCUT2D eigenvalue weighted by Crippen LogP contribution is 2.10. The number of Topliss-reactive ketones (excluding diaryl/α,β-unsaturated/α-hetero) is 1. The predicted molar refractivity (Wildman–Crippen MR) is 85.0 cm³/mol. The zero-order valence-electron chi connectivity index (χ0n) is 13.7. The van der Waals surface area contributed by atoms with Crippen molar-refractivity contribution in [1.29, 1.82) is 0 Å². The summed E-state index contributed by atoms with van der Waals surface area (Å²) in [5, 5.41) is 2.24. The number of halogens is 4. The second kappa shape index (κ2) is 8.93. The quantitative estimate of drug-likeness (QED) is 0.453. The largest absolute Gasteiger partial charge is 0.457 e. The van der Waals surface area contributed by atoms with Gasteiger partial charge in [0, 0.05) is 18.2 Å². The summed E-state index contributed by atoms with van der Waals surface area (Å²) in [4.78, 5) is 35.0. The molecule has 0 aromatic heterocycles. The molecule has 9 heteroatoms. The Hall–Kier alpha value is -3.23. The second-order valence-corrected chi connectivity index (χ2v) is 5.34. The molecule has 2 aromatic carbocycles. The van der Waals surface area contributed by atoms with Crippen LogP contribution in [0.5, 0.6) is 0 Å². The first-order chi connectivity index (χ1) is 12.8. The molecule has 0 bridgehead atoms. The first-order valence-electron chi connectivity index (χ1n) is 7.65. The van der Waals surface area contributed by atoms with Gasteiger partial charge in [0.1, 0.15) is 11.6 Å². The molecule has 0 atom stereocenters. The van der Waals surface area contributed by atoms with Gasteiger partial charge in [-0.25, -0.2) is 17.6 Å². The summed E-state index contributed by atoms with van der Waals surface area (Å²) in [6.45, 7) is -0.904. The molecule has 0 aliphatic rings. The first-order valence-corrected chi connectivity index (χ1v) is 7.65. The Morgan fingerprint density at radius 1 is 0.889 bits per heavy atom. The first kappa shape index (κ1) is 20.1. The van der Waals surface area contributed by atoms with E-state index in [1.54, 1.807) is 0 Å². The van der Waals surface area contributed by atoms with Gasteiger partial charge in [-0.3, -0.25) is 14.4 Å². The van der Waals surface area contributed by atoms with Crippen LogP contribution in [0.4, 0.5) is 17.6 Å². The van der Waals surface area contributed by atoms with Crippen LogP contribution in [0.2, 0.25) is 0 Å². The Balaban J connectivity index is 1.76. The van der Waals surface area contributed by atoms with E-state index in [0.717, 1.165) is 24.3 Å². The predicted octanol–water partition coefficient (Wildman–Crippen LogP) is 2.79. The number of hydrogen-bond donors (Lipinski definition) is 1. The molecule has 0 unspecified atom stereocenters. The third-order valence-electron chi connectivity index (χ3n) is 3.40. The Kier molecular flexibility index (Phi) is 6.64. The van der Waals surface area contributed by atoms with Crippen molar-refractivity contribution >= 4 is 17.7 Å². The number of rotatable bonds is 7. The van der Waals surface area contributed by atoms with Crippen molar-refractivity contribution in [2.24, 2.45) is 0 Å². The molecular weight excluding hydrogens is 370 g/mol. The van der Waals surface area contributed by atoms with Crippen molar-refractivity contribution in [1.82, 2.24) is 5.32 Å². The van der Waals surface area contributed by atoms with Crippen molar-refractivity contribution < 1.29 is 36.7 Å². The molecule has 27 heavy (non-hydrogen) atoms. The molecule has 1 N–H and O–H groups in total. The zero-order chi connectivity index (χ0) is 20.0. The number of esters is 1. The summed E-state index contributed by atoms with van der Waals surface area (Å²) >= 11 is 0. The lowest BCUT2D eigenvalue weighted by Crippen LogP contribution is -2.27. The van der Waals surface area contributed by atoms with E-state index >= 15 is 0 Å². The summed E-state index contributed by atoms with van der Waals surface area (Å²) in [6.07, 6.45) is -0.320. The van der Waals surface area contributed by atoms with Gasteiger partial charge < -0.3 is 10.1 Å². The van der Waals surface area contributed by atoms with E-state index in [1.165, 1.54) is 0 Å². The fraction of sp³-hybridized carbons (Fsp3) is 0.167. The average Bonchev–Trinajstić information content (AvgIpc) is 2.61. The second-order valence-electron chi connectivity index (χ2n) is 5.34. The zero-order valence-corrected chi connectivity index (χ0v) is 13.7. The molecule has 142 valence electrons. The van der Waals surface area contributed by atoms with E-state index in [4.69, 9.17) is 0 Å². The van der Waals surface area contributed by atoms with Gasteiger partial charge in [0.2, 0.25) is 0 Å². The minimum atomic E-state index is -1.21. The highest BCUT2D eigenvalue weighted by Gasteiger charge is 2.15. The number of hydrogen-bond acceptors (Lipinski definition) is 4. The summed E-state index contributed by atoms with van der Waals surface area (Å²) < 4.78 is 56.7. The number of ketones is 1. The van der Waals surface area contributed by atoms with Gasteiger partial charge in [-0.2, -0.15) is 0 Å². The van der Waals surface area contributed by atoms with Crippen LogP contribution in [-0.4, -0.2) is 30.8 Å². The van der Waals surface area contributed by atoms with Gasteiger partial charge in [-0.15, -0.1) is 0 Å². The van der Waals surface area contributed by atoms with Gasteiger partial charge >= 0.3 is 5.97 Å². The molecule has 1 amide bonds. The number of nitrogens with one attached hydrogen (secondary N) is 1. The third kappa shape index (κ3) is 5.63. The van der Waals surface area contributed by atoms with Gasteiger partial charge in [-0.1, -0.05) is 0 Å². The van der Waals surface area contributed by atoms with Crippen molar-refractivity contribution in [3.8, 4) is 0 Å². The molecular formula is C18H13F4NO4. The Bertz CT molecular complexity index is 886. The van der Waals surface area contributed by atoms with Crippen LogP contribution < -0.4 is 5.32 Å². The van der Waals surface area contributed by atoms with E-state index in [9.17, 15) is 31.9 Å². The SMILES string of the molecule is O=C(CCNC(=O)c1ccc(F)cc1F)OCC(=O)c1ccc(F)c(F)c1. The van der Waals surface area contributed by atoms with Crippen molar-refractivity contribution in [3.05, 3.63) is 70.8 Å². The van der Waals surface area contributed by atoms with Gasteiger partial charge in [0.05, 0.1) is 12.0 Å². The molecule has 0 saturated carbocycles. The van der Waals surface area contributed by atoms with Crippen LogP contribution >= 0.6 is 0 Å². The smallest absolute Gasteiger partial charge is 0.308 e. The van der Waals surface area contributed by atoms with Crippen LogP contribution in [0.3, 0.4) is 0 Å². The fourth-order valence-corrected chi connectivity index (χ4v) is 2.02. The van der Waals surface area contributed by atoms with E-state index in [-0.39, 0.29) is 18.5 Å². The molecule has 0 fully saturated rings. The Morgan fingerprint density at radius 2 is 1.63 bits per heavy atom. The van der Waals surface area contributed by atoms with Crippen LogP contribution in [0.15, 0.2) is 36.4 Å². The molecule has 2 rings (SSSR count). The topological polar surface area (TPSA) is 72.5 Å². The molecule has 0 heterocycles. The normalized spacial score (nSPS) is 10.4. The van der Waals surface area contributed by atoms with Crippen LogP contribution in [0, 0.1) is 23.3 Å². The summed E-state index contributed by atoms with van der Waals surface area (Å²) in [7, 11) is 0. The maximum Gasteiger partial charge on any atom is 0.308 e. The van der Waals surface area contributed by atoms with Crippen LogP contribution in [0.25, 0.3) is 0 Å². The number of benzene rings is 2. The minimum absolute atomic E-state index is 0.165. The van der Waals surface area contributed by atoms with Crippen molar-refractivity contribution in [3.63, 3.8) is 0 Å². The number of carbonyl (C=O) groups excluding carboxylic acids is 3. The summed E-state index contributed by atoms with van der Waals surface area (Å²) in [6, 6.07) is 4.92. The summed E-state index contributed by atoms with van der Waals surface area (Å²) in [5.74, 6) is -6.63. The van der Waals surface area contributed by atoms with Gasteiger partial charge in [0.15, 0.2) is 24.0 Å². The molecule has 0 aliphatic carbocycles. The van der Waals surface area contributed by atoms with Crippen LogP contribution in [-0.2, 0) is 9.53 Å². The van der Waals surface area contributed by atoms with Gasteiger partial charge in [0.25, 0.3) is 5.91 Å².